The van der Waals surface area contributed by atoms with E-state index in [4.69, 9.17) is 4.42 Å². The van der Waals surface area contributed by atoms with Gasteiger partial charge in [-0.1, -0.05) is 18.2 Å². The molecule has 0 spiro atoms. The lowest BCUT2D eigenvalue weighted by Crippen LogP contribution is -2.28. The summed E-state index contributed by atoms with van der Waals surface area (Å²) in [6, 6.07) is 14.7. The number of nitrogens with one attached hydrogen (secondary N) is 2. The Labute approximate surface area is 114 Å². The van der Waals surface area contributed by atoms with E-state index in [1.165, 1.54) is 24.3 Å². The van der Waals surface area contributed by atoms with Crippen LogP contribution in [0.15, 0.2) is 59.0 Å². The maximum absolute atomic E-state index is 12.7. The number of anilines is 1. The van der Waals surface area contributed by atoms with Crippen molar-refractivity contribution in [2.24, 2.45) is 0 Å². The largest absolute Gasteiger partial charge is 0.451 e. The van der Waals surface area contributed by atoms with Crippen LogP contribution in [0.3, 0.4) is 0 Å². The van der Waals surface area contributed by atoms with Gasteiger partial charge in [-0.15, -0.1) is 0 Å². The number of fused-ring (bicyclic) bond motifs is 1. The van der Waals surface area contributed by atoms with Gasteiger partial charge in [-0.2, -0.15) is 0 Å². The number of furan rings is 1. The average molecular weight is 270 g/mol. The normalized spacial score (nSPS) is 10.4. The van der Waals surface area contributed by atoms with Gasteiger partial charge in [0.15, 0.2) is 5.76 Å². The minimum atomic E-state index is -0.398. The molecule has 0 radical (unpaired) electrons. The third-order valence-corrected chi connectivity index (χ3v) is 2.81. The first kappa shape index (κ1) is 12.2. The van der Waals surface area contributed by atoms with Gasteiger partial charge in [-0.3, -0.25) is 15.6 Å². The van der Waals surface area contributed by atoms with Gasteiger partial charge in [-0.05, 0) is 36.4 Å². The first-order chi connectivity index (χ1) is 9.72. The fraction of sp³-hybridized carbons (Fsp3) is 0. The van der Waals surface area contributed by atoms with Crippen molar-refractivity contribution >= 4 is 22.6 Å². The fourth-order valence-corrected chi connectivity index (χ4v) is 1.82. The highest BCUT2D eigenvalue weighted by Gasteiger charge is 2.11. The predicted molar refractivity (Wildman–Crippen MR) is 73.7 cm³/mol. The van der Waals surface area contributed by atoms with Crippen molar-refractivity contribution in [1.29, 1.82) is 0 Å². The molecule has 0 saturated carbocycles. The Balaban J connectivity index is 1.71. The number of hydrogen-bond acceptors (Lipinski definition) is 3. The van der Waals surface area contributed by atoms with Gasteiger partial charge in [0.25, 0.3) is 0 Å². The molecule has 0 saturated heterocycles. The molecule has 2 N–H and O–H groups in total. The third-order valence-electron chi connectivity index (χ3n) is 2.81. The maximum atomic E-state index is 12.7. The van der Waals surface area contributed by atoms with Gasteiger partial charge in [0.1, 0.15) is 11.4 Å². The van der Waals surface area contributed by atoms with E-state index < -0.39 is 5.91 Å². The van der Waals surface area contributed by atoms with Crippen molar-refractivity contribution in [2.75, 3.05) is 5.43 Å². The monoisotopic (exact) mass is 270 g/mol. The predicted octanol–water partition coefficient (Wildman–Crippen LogP) is 3.33. The molecule has 1 aromatic heterocycles. The summed E-state index contributed by atoms with van der Waals surface area (Å²) in [4.78, 5) is 11.9. The Bertz CT molecular complexity index is 717. The first-order valence-corrected chi connectivity index (χ1v) is 6.03. The number of carbonyl (C=O) groups is 1. The summed E-state index contributed by atoms with van der Waals surface area (Å²) in [5, 5.41) is 0.861. The highest BCUT2D eigenvalue weighted by molar-refractivity contribution is 5.96. The van der Waals surface area contributed by atoms with E-state index in [9.17, 15) is 9.18 Å². The van der Waals surface area contributed by atoms with E-state index in [0.29, 0.717) is 11.3 Å². The molecule has 0 fully saturated rings. The molecule has 5 heteroatoms. The smallest absolute Gasteiger partial charge is 0.305 e. The zero-order chi connectivity index (χ0) is 13.9. The molecule has 4 nitrogen and oxygen atoms in total. The van der Waals surface area contributed by atoms with Crippen LogP contribution in [0.25, 0.3) is 11.0 Å². The molecule has 0 atom stereocenters. The summed E-state index contributed by atoms with van der Waals surface area (Å²) in [5.74, 6) is -0.523. The Morgan fingerprint density at radius 1 is 1.05 bits per heavy atom. The number of halogens is 1. The number of hydrogen-bond donors (Lipinski definition) is 2. The van der Waals surface area contributed by atoms with Crippen molar-refractivity contribution in [1.82, 2.24) is 5.43 Å². The number of rotatable bonds is 3. The number of hydrazine groups is 1. The van der Waals surface area contributed by atoms with Crippen molar-refractivity contribution in [2.45, 2.75) is 0 Å². The zero-order valence-electron chi connectivity index (χ0n) is 10.4. The van der Waals surface area contributed by atoms with Crippen LogP contribution in [0.1, 0.15) is 10.6 Å². The molecule has 3 aromatic rings. The molecule has 0 unspecified atom stereocenters. The summed E-state index contributed by atoms with van der Waals surface area (Å²) in [5.41, 5.74) is 6.41. The second-order valence-corrected chi connectivity index (χ2v) is 4.23. The molecule has 1 heterocycles. The average Bonchev–Trinajstić information content (AvgIpc) is 2.90. The molecule has 0 aliphatic heterocycles. The van der Waals surface area contributed by atoms with Crippen molar-refractivity contribution in [3.05, 3.63) is 66.2 Å². The van der Waals surface area contributed by atoms with E-state index in [2.05, 4.69) is 10.9 Å². The molecule has 2 aromatic carbocycles. The van der Waals surface area contributed by atoms with Crippen molar-refractivity contribution < 1.29 is 13.6 Å². The summed E-state index contributed by atoms with van der Waals surface area (Å²) in [6.45, 7) is 0. The Morgan fingerprint density at radius 2 is 1.80 bits per heavy atom. The third kappa shape index (κ3) is 2.47. The van der Waals surface area contributed by atoms with Crippen molar-refractivity contribution in [3.63, 3.8) is 0 Å². The molecule has 100 valence electrons. The molecule has 0 bridgehead atoms. The fourth-order valence-electron chi connectivity index (χ4n) is 1.82. The van der Waals surface area contributed by atoms with E-state index in [0.717, 1.165) is 5.39 Å². The Hall–Kier alpha value is -2.82. The summed E-state index contributed by atoms with van der Waals surface area (Å²) >= 11 is 0. The summed E-state index contributed by atoms with van der Waals surface area (Å²) < 4.78 is 18.2. The standard InChI is InChI=1S/C15H11FN2O2/c16-11-5-7-12(8-6-11)17-18-15(19)14-9-10-3-1-2-4-13(10)20-14/h1-9,17H,(H,18,19). The number of amides is 1. The van der Waals surface area contributed by atoms with Gasteiger partial charge < -0.3 is 4.42 Å². The summed E-state index contributed by atoms with van der Waals surface area (Å²) in [7, 11) is 0. The molecule has 0 aliphatic carbocycles. The van der Waals surface area contributed by atoms with Gasteiger partial charge in [0, 0.05) is 5.39 Å². The Kier molecular flexibility index (Phi) is 3.09. The van der Waals surface area contributed by atoms with Crippen LogP contribution in [-0.4, -0.2) is 5.91 Å². The quantitative estimate of drug-likeness (QED) is 0.718. The molecule has 0 aliphatic rings. The first-order valence-electron chi connectivity index (χ1n) is 6.03. The van der Waals surface area contributed by atoms with E-state index >= 15 is 0 Å². The molecule has 3 rings (SSSR count). The minimum Gasteiger partial charge on any atom is -0.451 e. The highest BCUT2D eigenvalue weighted by atomic mass is 19.1. The second kappa shape index (κ2) is 5.05. The van der Waals surface area contributed by atoms with Crippen LogP contribution in [0, 0.1) is 5.82 Å². The van der Waals surface area contributed by atoms with Gasteiger partial charge in [0.2, 0.25) is 0 Å². The van der Waals surface area contributed by atoms with Crippen molar-refractivity contribution in [3.8, 4) is 0 Å². The van der Waals surface area contributed by atoms with Crippen LogP contribution in [0.4, 0.5) is 10.1 Å². The van der Waals surface area contributed by atoms with E-state index in [1.807, 2.05) is 18.2 Å². The molecular weight excluding hydrogens is 259 g/mol. The number of carbonyl (C=O) groups excluding carboxylic acids is 1. The van der Waals surface area contributed by atoms with Gasteiger partial charge >= 0.3 is 5.91 Å². The Morgan fingerprint density at radius 3 is 2.55 bits per heavy atom. The maximum Gasteiger partial charge on any atom is 0.305 e. The SMILES string of the molecule is O=C(NNc1ccc(F)cc1)c1cc2ccccc2o1. The number of para-hydroxylation sites is 1. The lowest BCUT2D eigenvalue weighted by Gasteiger charge is -2.06. The minimum absolute atomic E-state index is 0.209. The molecule has 20 heavy (non-hydrogen) atoms. The molecule has 1 amide bonds. The van der Waals surface area contributed by atoms with Crippen LogP contribution in [0.2, 0.25) is 0 Å². The molecular formula is C15H11FN2O2. The van der Waals surface area contributed by atoms with Gasteiger partial charge in [-0.25, -0.2) is 4.39 Å². The summed E-state index contributed by atoms with van der Waals surface area (Å²) in [6.07, 6.45) is 0. The van der Waals surface area contributed by atoms with Crippen LogP contribution >= 0.6 is 0 Å². The lowest BCUT2D eigenvalue weighted by atomic mass is 10.2. The highest BCUT2D eigenvalue weighted by Crippen LogP contribution is 2.18. The van der Waals surface area contributed by atoms with E-state index in [1.54, 1.807) is 12.1 Å². The topological polar surface area (TPSA) is 54.3 Å². The van der Waals surface area contributed by atoms with Crippen LogP contribution in [0.5, 0.6) is 0 Å². The second-order valence-electron chi connectivity index (χ2n) is 4.23. The zero-order valence-corrected chi connectivity index (χ0v) is 10.4. The lowest BCUT2D eigenvalue weighted by molar-refractivity contribution is 0.0937. The van der Waals surface area contributed by atoms with Crippen LogP contribution in [-0.2, 0) is 0 Å². The van der Waals surface area contributed by atoms with Gasteiger partial charge in [0.05, 0.1) is 5.69 Å². The van der Waals surface area contributed by atoms with Crippen LogP contribution < -0.4 is 10.9 Å². The number of benzene rings is 2. The van der Waals surface area contributed by atoms with E-state index in [-0.39, 0.29) is 11.6 Å².